The molecule has 3 aliphatic rings. The zero-order valence-electron chi connectivity index (χ0n) is 32.5. The summed E-state index contributed by atoms with van der Waals surface area (Å²) in [6.45, 7) is 4.84. The van der Waals surface area contributed by atoms with Gasteiger partial charge in [0.25, 0.3) is 5.91 Å². The first-order valence-corrected chi connectivity index (χ1v) is 20.1. The molecule has 15 nitrogen and oxygen atoms in total. The first-order valence-electron chi connectivity index (χ1n) is 20.1. The molecule has 60 heavy (non-hydrogen) atoms. The van der Waals surface area contributed by atoms with Crippen LogP contribution in [0.1, 0.15) is 54.1 Å². The third kappa shape index (κ3) is 7.81. The van der Waals surface area contributed by atoms with Crippen molar-refractivity contribution in [2.24, 2.45) is 5.92 Å². The monoisotopic (exact) mass is 821 g/mol. The number of carbonyl (C=O) groups is 3. The number of imide groups is 1. The van der Waals surface area contributed by atoms with Crippen LogP contribution in [0.3, 0.4) is 0 Å². The molecule has 0 atom stereocenters. The maximum Gasteiger partial charge on any atom is 0.328 e. The van der Waals surface area contributed by atoms with Crippen molar-refractivity contribution in [3.63, 3.8) is 0 Å². The number of fused-ring (bicyclic) bond motifs is 2. The molecule has 6 aromatic rings. The summed E-state index contributed by atoms with van der Waals surface area (Å²) in [5.74, 6) is -6.60. The van der Waals surface area contributed by atoms with E-state index in [1.54, 1.807) is 15.6 Å². The van der Waals surface area contributed by atoms with Crippen molar-refractivity contribution < 1.29 is 32.7 Å². The van der Waals surface area contributed by atoms with E-state index in [0.717, 1.165) is 97.9 Å². The maximum atomic E-state index is 14.1. The highest BCUT2D eigenvalue weighted by atomic mass is 19.2. The van der Waals surface area contributed by atoms with E-state index in [1.807, 2.05) is 53.7 Å². The van der Waals surface area contributed by atoms with Crippen molar-refractivity contribution in [1.29, 1.82) is 0 Å². The van der Waals surface area contributed by atoms with E-state index in [2.05, 4.69) is 31.6 Å². The Hall–Kier alpha value is -6.56. The fourth-order valence-corrected chi connectivity index (χ4v) is 8.35. The summed E-state index contributed by atoms with van der Waals surface area (Å²) < 4.78 is 45.4. The largest absolute Gasteiger partial charge is 0.503 e. The molecule has 4 aromatic heterocycles. The number of nitrogens with one attached hydrogen (secondary N) is 2. The SMILES string of the molecule is O=C1CCN(c2cnn3cc(CCN4CCN(c5ncc(-c6ccc7cn(C8CCC(CNC(=O)c9cc(F)c(O)c(F)c9F)CC8)nc7c6)cn5)CC4)ccc23)C(=O)N1. The molecule has 4 amide bonds. The van der Waals surface area contributed by atoms with Crippen molar-refractivity contribution in [1.82, 2.24) is 44.9 Å². The van der Waals surface area contributed by atoms with Crippen LogP contribution in [0, 0.1) is 23.4 Å². The fourth-order valence-electron chi connectivity index (χ4n) is 8.35. The van der Waals surface area contributed by atoms with Crippen LogP contribution in [-0.2, 0) is 11.2 Å². The Morgan fingerprint density at radius 1 is 0.883 bits per heavy atom. The second-order valence-electron chi connectivity index (χ2n) is 15.7. The number of hydrogen-bond acceptors (Lipinski definition) is 10. The zero-order chi connectivity index (χ0) is 41.5. The minimum Gasteiger partial charge on any atom is -0.503 e. The topological polar surface area (TPSA) is 166 Å². The lowest BCUT2D eigenvalue weighted by atomic mass is 9.86. The Morgan fingerprint density at radius 2 is 1.67 bits per heavy atom. The molecule has 0 radical (unpaired) electrons. The summed E-state index contributed by atoms with van der Waals surface area (Å²) >= 11 is 0. The lowest BCUT2D eigenvalue weighted by Gasteiger charge is -2.34. The van der Waals surface area contributed by atoms with E-state index in [1.165, 1.54) is 0 Å². The predicted octanol–water partition coefficient (Wildman–Crippen LogP) is 5.24. The highest BCUT2D eigenvalue weighted by molar-refractivity contribution is 6.07. The molecule has 310 valence electrons. The molecule has 2 aromatic carbocycles. The van der Waals surface area contributed by atoms with Gasteiger partial charge >= 0.3 is 6.03 Å². The third-order valence-electron chi connectivity index (χ3n) is 11.9. The second kappa shape index (κ2) is 16.2. The zero-order valence-corrected chi connectivity index (χ0v) is 32.5. The Bertz CT molecular complexity index is 2600. The molecule has 0 bridgehead atoms. The standard InChI is InChI=1S/C42H42F3N11O4/c43-32-18-31(37(44)38(45)39(32)58)40(59)46-19-25-1-6-30(7-2-25)55-24-28-5-4-27(17-33(28)51-55)29-20-47-41(48-21-29)53-15-13-52(14-16-53)11-9-26-3-8-34-35(22-49-56(34)23-26)54-12-10-36(57)50-42(54)60/h3-5,8,17-18,20-25,30,58H,1-2,6-7,9-16,19H2,(H,46,59)(H,50,57,60). The summed E-state index contributed by atoms with van der Waals surface area (Å²) in [4.78, 5) is 52.0. The Kier molecular flexibility index (Phi) is 10.5. The minimum atomic E-state index is -1.78. The highest BCUT2D eigenvalue weighted by Gasteiger charge is 2.28. The molecule has 2 aliphatic heterocycles. The van der Waals surface area contributed by atoms with Crippen LogP contribution in [0.25, 0.3) is 27.5 Å². The number of carbonyl (C=O) groups excluding carboxylic acids is 3. The lowest BCUT2D eigenvalue weighted by molar-refractivity contribution is -0.120. The summed E-state index contributed by atoms with van der Waals surface area (Å²) in [5, 5.41) is 24.6. The number of rotatable bonds is 10. The van der Waals surface area contributed by atoms with Crippen LogP contribution >= 0.6 is 0 Å². The van der Waals surface area contributed by atoms with Crippen molar-refractivity contribution in [3.05, 3.63) is 96.0 Å². The van der Waals surface area contributed by atoms with Crippen LogP contribution < -0.4 is 20.4 Å². The van der Waals surface area contributed by atoms with Gasteiger partial charge in [0.15, 0.2) is 17.4 Å². The number of benzene rings is 2. The second-order valence-corrected chi connectivity index (χ2v) is 15.7. The van der Waals surface area contributed by atoms with Gasteiger partial charge in [-0.1, -0.05) is 18.2 Å². The number of hydrogen-bond donors (Lipinski definition) is 3. The van der Waals surface area contributed by atoms with E-state index in [0.29, 0.717) is 24.2 Å². The molecule has 3 fully saturated rings. The third-order valence-corrected chi connectivity index (χ3v) is 11.9. The normalized spacial score (nSPS) is 19.0. The summed E-state index contributed by atoms with van der Waals surface area (Å²) in [6.07, 6.45) is 13.7. The number of urea groups is 1. The number of phenols is 1. The van der Waals surface area contributed by atoms with Crippen LogP contribution in [0.5, 0.6) is 5.75 Å². The maximum absolute atomic E-state index is 14.1. The van der Waals surface area contributed by atoms with E-state index < -0.39 is 40.7 Å². The van der Waals surface area contributed by atoms with Gasteiger partial charge in [-0.05, 0) is 67.3 Å². The number of anilines is 2. The number of aromatic hydroxyl groups is 1. The van der Waals surface area contributed by atoms with Gasteiger partial charge in [0.1, 0.15) is 0 Å². The number of piperazine rings is 1. The molecule has 3 N–H and O–H groups in total. The minimum absolute atomic E-state index is 0.114. The van der Waals surface area contributed by atoms with Gasteiger partial charge in [-0.2, -0.15) is 14.6 Å². The molecule has 1 saturated carbocycles. The van der Waals surface area contributed by atoms with Gasteiger partial charge < -0.3 is 15.3 Å². The molecule has 9 rings (SSSR count). The number of amides is 4. The van der Waals surface area contributed by atoms with Crippen molar-refractivity contribution in [2.75, 3.05) is 55.6 Å². The van der Waals surface area contributed by atoms with E-state index >= 15 is 0 Å². The average Bonchev–Trinajstić information content (AvgIpc) is 3.90. The number of halogens is 3. The molecule has 6 heterocycles. The summed E-state index contributed by atoms with van der Waals surface area (Å²) in [6, 6.07) is 10.4. The van der Waals surface area contributed by atoms with Crippen LogP contribution in [0.15, 0.2) is 67.4 Å². The lowest BCUT2D eigenvalue weighted by Crippen LogP contribution is -2.49. The molecule has 0 spiro atoms. The number of aromatic nitrogens is 6. The molecular formula is C42H42F3N11O4. The average molecular weight is 822 g/mol. The molecule has 1 aliphatic carbocycles. The van der Waals surface area contributed by atoms with Gasteiger partial charge in [-0.25, -0.2) is 28.1 Å². The quantitative estimate of drug-likeness (QED) is 0.156. The summed E-state index contributed by atoms with van der Waals surface area (Å²) in [7, 11) is 0. The number of nitrogens with zero attached hydrogens (tertiary/aromatic N) is 9. The van der Waals surface area contributed by atoms with E-state index in [4.69, 9.17) is 15.1 Å². The van der Waals surface area contributed by atoms with E-state index in [9.17, 15) is 32.7 Å². The van der Waals surface area contributed by atoms with Gasteiger partial charge in [0.2, 0.25) is 17.7 Å². The van der Waals surface area contributed by atoms with Gasteiger partial charge in [-0.15, -0.1) is 0 Å². The smallest absolute Gasteiger partial charge is 0.328 e. The van der Waals surface area contributed by atoms with Crippen molar-refractivity contribution >= 4 is 45.9 Å². The van der Waals surface area contributed by atoms with Gasteiger partial charge in [0, 0.05) is 88.0 Å². The van der Waals surface area contributed by atoms with Gasteiger partial charge in [0.05, 0.1) is 34.5 Å². The molecular weight excluding hydrogens is 780 g/mol. The number of pyridine rings is 1. The number of phenolic OH excluding ortho intramolecular Hbond substituents is 1. The molecule has 18 heteroatoms. The van der Waals surface area contributed by atoms with Crippen molar-refractivity contribution in [3.8, 4) is 16.9 Å². The first-order chi connectivity index (χ1) is 29.1. The Labute approximate surface area is 341 Å². The van der Waals surface area contributed by atoms with Crippen LogP contribution in [0.2, 0.25) is 0 Å². The Balaban J connectivity index is 0.743. The van der Waals surface area contributed by atoms with Gasteiger partial charge in [-0.3, -0.25) is 29.4 Å². The van der Waals surface area contributed by atoms with Crippen molar-refractivity contribution in [2.45, 2.75) is 44.6 Å². The van der Waals surface area contributed by atoms with Crippen LogP contribution in [-0.4, -0.2) is 103 Å². The highest BCUT2D eigenvalue weighted by Crippen LogP contribution is 2.34. The molecule has 2 saturated heterocycles. The van der Waals surface area contributed by atoms with E-state index in [-0.39, 0.29) is 30.8 Å². The Morgan fingerprint density at radius 3 is 2.43 bits per heavy atom. The van der Waals surface area contributed by atoms with Crippen LogP contribution in [0.4, 0.5) is 29.6 Å². The predicted molar refractivity (Wildman–Crippen MR) is 215 cm³/mol. The fraction of sp³-hybridized carbons (Fsp3) is 0.357. The first kappa shape index (κ1) is 38.9. The molecule has 0 unspecified atom stereocenters. The summed E-state index contributed by atoms with van der Waals surface area (Å²) in [5.41, 5.74) is 4.57.